The number of carbonyl (C=O) groups excluding carboxylic acids is 1. The summed E-state index contributed by atoms with van der Waals surface area (Å²) in [5, 5.41) is 6.20. The summed E-state index contributed by atoms with van der Waals surface area (Å²) in [6, 6.07) is 17.6. The molecule has 0 unspecified atom stereocenters. The molecule has 0 aromatic heterocycles. The summed E-state index contributed by atoms with van der Waals surface area (Å²) >= 11 is 5.25. The van der Waals surface area contributed by atoms with Crippen LogP contribution in [0.1, 0.15) is 55.2 Å². The molecule has 2 rings (SSSR count). The number of rotatable bonds is 3. The van der Waals surface area contributed by atoms with E-state index in [2.05, 4.69) is 31.4 Å². The van der Waals surface area contributed by atoms with Gasteiger partial charge in [-0.3, -0.25) is 10.1 Å². The third-order valence-corrected chi connectivity index (χ3v) is 4.11. The molecule has 1 atom stereocenters. The fourth-order valence-electron chi connectivity index (χ4n) is 2.35. The highest BCUT2D eigenvalue weighted by Crippen LogP contribution is 2.22. The molecular weight excluding hydrogens is 316 g/mol. The molecule has 0 heterocycles. The van der Waals surface area contributed by atoms with Crippen LogP contribution >= 0.6 is 12.2 Å². The van der Waals surface area contributed by atoms with Crippen molar-refractivity contribution in [1.82, 2.24) is 10.6 Å². The Kier molecular flexibility index (Phi) is 5.73. The number of hydrogen-bond donors (Lipinski definition) is 2. The van der Waals surface area contributed by atoms with Crippen molar-refractivity contribution in [2.45, 2.75) is 39.2 Å². The van der Waals surface area contributed by atoms with Crippen molar-refractivity contribution in [3.8, 4) is 0 Å². The van der Waals surface area contributed by atoms with Gasteiger partial charge in [-0.1, -0.05) is 63.2 Å². The van der Waals surface area contributed by atoms with Crippen LogP contribution in [0.25, 0.3) is 0 Å². The van der Waals surface area contributed by atoms with E-state index in [1.54, 1.807) is 0 Å². The highest BCUT2D eigenvalue weighted by atomic mass is 32.1. The molecule has 3 nitrogen and oxygen atoms in total. The van der Waals surface area contributed by atoms with Crippen molar-refractivity contribution in [1.29, 1.82) is 0 Å². The summed E-state index contributed by atoms with van der Waals surface area (Å²) < 4.78 is 0. The van der Waals surface area contributed by atoms with Crippen LogP contribution in [0.3, 0.4) is 0 Å². The summed E-state index contributed by atoms with van der Waals surface area (Å²) in [4.78, 5) is 12.3. The zero-order chi connectivity index (χ0) is 17.7. The maximum absolute atomic E-state index is 12.3. The number of amides is 1. The fourth-order valence-corrected chi connectivity index (χ4v) is 2.62. The number of thiocarbonyl (C=S) groups is 1. The van der Waals surface area contributed by atoms with Crippen molar-refractivity contribution in [3.63, 3.8) is 0 Å². The summed E-state index contributed by atoms with van der Waals surface area (Å²) in [6.07, 6.45) is 0. The standard InChI is InChI=1S/C20H24N2OS/c1-14(15-8-6-5-7-9-15)21-19(24)22-18(23)16-10-12-17(13-11-16)20(2,3)4/h5-14H,1-4H3,(H2,21,22,23,24)/t14-/m1/s1. The SMILES string of the molecule is C[C@@H](NC(=S)NC(=O)c1ccc(C(C)(C)C)cc1)c1ccccc1. The van der Waals surface area contributed by atoms with Crippen molar-refractivity contribution in [2.75, 3.05) is 0 Å². The molecule has 0 bridgehead atoms. The van der Waals surface area contributed by atoms with E-state index in [4.69, 9.17) is 12.2 Å². The quantitative estimate of drug-likeness (QED) is 0.816. The Hall–Kier alpha value is -2.20. The first kappa shape index (κ1) is 18.1. The van der Waals surface area contributed by atoms with Gasteiger partial charge in [0.05, 0.1) is 6.04 Å². The molecule has 0 fully saturated rings. The molecule has 0 aliphatic heterocycles. The zero-order valence-corrected chi connectivity index (χ0v) is 15.4. The molecule has 0 aliphatic carbocycles. The van der Waals surface area contributed by atoms with Gasteiger partial charge in [0.25, 0.3) is 5.91 Å². The number of benzene rings is 2. The lowest BCUT2D eigenvalue weighted by molar-refractivity contribution is 0.0976. The lowest BCUT2D eigenvalue weighted by atomic mass is 9.87. The van der Waals surface area contributed by atoms with E-state index in [1.807, 2.05) is 61.5 Å². The maximum Gasteiger partial charge on any atom is 0.257 e. The molecule has 0 saturated carbocycles. The Labute approximate surface area is 149 Å². The normalized spacial score (nSPS) is 12.3. The van der Waals surface area contributed by atoms with Gasteiger partial charge in [-0.05, 0) is 47.8 Å². The molecule has 0 spiro atoms. The minimum Gasteiger partial charge on any atom is -0.356 e. The largest absolute Gasteiger partial charge is 0.356 e. The Morgan fingerprint density at radius 1 is 1.00 bits per heavy atom. The van der Waals surface area contributed by atoms with Gasteiger partial charge in [0.1, 0.15) is 0 Å². The summed E-state index contributed by atoms with van der Waals surface area (Å²) in [5.41, 5.74) is 2.97. The molecule has 0 aliphatic rings. The average molecular weight is 340 g/mol. The maximum atomic E-state index is 12.3. The smallest absolute Gasteiger partial charge is 0.257 e. The van der Waals surface area contributed by atoms with Crippen LogP contribution in [0.4, 0.5) is 0 Å². The van der Waals surface area contributed by atoms with Crippen LogP contribution in [0, 0.1) is 0 Å². The summed E-state index contributed by atoms with van der Waals surface area (Å²) in [6.45, 7) is 8.44. The van der Waals surface area contributed by atoms with Gasteiger partial charge in [-0.15, -0.1) is 0 Å². The third-order valence-electron chi connectivity index (χ3n) is 3.89. The monoisotopic (exact) mass is 340 g/mol. The molecule has 2 N–H and O–H groups in total. The lowest BCUT2D eigenvalue weighted by Crippen LogP contribution is -2.40. The van der Waals surface area contributed by atoms with Crippen LogP contribution in [-0.4, -0.2) is 11.0 Å². The van der Waals surface area contributed by atoms with Gasteiger partial charge < -0.3 is 5.32 Å². The molecular formula is C20H24N2OS. The topological polar surface area (TPSA) is 41.1 Å². The van der Waals surface area contributed by atoms with Crippen molar-refractivity contribution >= 4 is 23.2 Å². The molecule has 126 valence electrons. The Bertz CT molecular complexity index is 703. The van der Waals surface area contributed by atoms with Gasteiger partial charge >= 0.3 is 0 Å². The van der Waals surface area contributed by atoms with E-state index in [1.165, 1.54) is 5.56 Å². The molecule has 1 amide bonds. The second-order valence-electron chi connectivity index (χ2n) is 6.89. The third kappa shape index (κ3) is 4.90. The molecule has 4 heteroatoms. The molecule has 0 saturated heterocycles. The van der Waals surface area contributed by atoms with Gasteiger partial charge in [0, 0.05) is 5.56 Å². The van der Waals surface area contributed by atoms with E-state index in [-0.39, 0.29) is 17.4 Å². The van der Waals surface area contributed by atoms with Crippen LogP contribution in [0.5, 0.6) is 0 Å². The minimum absolute atomic E-state index is 0.0299. The second-order valence-corrected chi connectivity index (χ2v) is 7.30. The zero-order valence-electron chi connectivity index (χ0n) is 14.6. The van der Waals surface area contributed by atoms with E-state index >= 15 is 0 Å². The fraction of sp³-hybridized carbons (Fsp3) is 0.300. The van der Waals surface area contributed by atoms with Crippen LogP contribution in [-0.2, 0) is 5.41 Å². The summed E-state index contributed by atoms with van der Waals surface area (Å²) in [7, 11) is 0. The molecule has 2 aromatic carbocycles. The Morgan fingerprint density at radius 2 is 1.58 bits per heavy atom. The summed E-state index contributed by atoms with van der Waals surface area (Å²) in [5.74, 6) is -0.201. The van der Waals surface area contributed by atoms with Crippen molar-refractivity contribution in [2.24, 2.45) is 0 Å². The van der Waals surface area contributed by atoms with Crippen LogP contribution in [0.2, 0.25) is 0 Å². The van der Waals surface area contributed by atoms with Crippen molar-refractivity contribution < 1.29 is 4.79 Å². The van der Waals surface area contributed by atoms with E-state index in [0.29, 0.717) is 10.7 Å². The second kappa shape index (κ2) is 7.58. The van der Waals surface area contributed by atoms with Crippen molar-refractivity contribution in [3.05, 3.63) is 71.3 Å². The van der Waals surface area contributed by atoms with E-state index < -0.39 is 0 Å². The minimum atomic E-state index is -0.201. The molecule has 0 radical (unpaired) electrons. The van der Waals surface area contributed by atoms with E-state index in [9.17, 15) is 4.79 Å². The highest BCUT2D eigenvalue weighted by molar-refractivity contribution is 7.80. The first-order valence-electron chi connectivity index (χ1n) is 8.04. The average Bonchev–Trinajstić information content (AvgIpc) is 2.54. The number of nitrogens with one attached hydrogen (secondary N) is 2. The van der Waals surface area contributed by atoms with Crippen LogP contribution in [0.15, 0.2) is 54.6 Å². The first-order chi connectivity index (χ1) is 11.3. The van der Waals surface area contributed by atoms with Gasteiger partial charge in [-0.2, -0.15) is 0 Å². The lowest BCUT2D eigenvalue weighted by Gasteiger charge is -2.19. The number of hydrogen-bond acceptors (Lipinski definition) is 2. The highest BCUT2D eigenvalue weighted by Gasteiger charge is 2.15. The van der Waals surface area contributed by atoms with Crippen LogP contribution < -0.4 is 10.6 Å². The Morgan fingerprint density at radius 3 is 2.12 bits per heavy atom. The molecule has 24 heavy (non-hydrogen) atoms. The van der Waals surface area contributed by atoms with Gasteiger partial charge in [0.2, 0.25) is 0 Å². The predicted octanol–water partition coefficient (Wildman–Crippen LogP) is 4.35. The first-order valence-corrected chi connectivity index (χ1v) is 8.45. The molecule has 2 aromatic rings. The Balaban J connectivity index is 1.95. The predicted molar refractivity (Wildman–Crippen MR) is 103 cm³/mol. The van der Waals surface area contributed by atoms with E-state index in [0.717, 1.165) is 5.56 Å². The number of carbonyl (C=O) groups is 1. The van der Waals surface area contributed by atoms with Gasteiger partial charge in [0.15, 0.2) is 5.11 Å². The van der Waals surface area contributed by atoms with Gasteiger partial charge in [-0.25, -0.2) is 0 Å².